The summed E-state index contributed by atoms with van der Waals surface area (Å²) in [6, 6.07) is 0. The molecule has 0 radical (unpaired) electrons. The molecule has 0 saturated carbocycles. The van der Waals surface area contributed by atoms with E-state index >= 15 is 0 Å². The SMILES string of the molecule is CCCCCCCCCCCCCCCCCCCCCCCC(=O)OC[C@H](COP(=O)(O)OC[C@@H](O)COP(=O)(O)OC[C@@H](COC(=O)CCCCCCCCCC(C)C)OC(=O)CCCCCCCCCCCCCCC)OC(=O)CCCCCCCCCCCCCCCCCCCCCCC. The number of aliphatic hydroxyl groups is 1. The second-order valence-electron chi connectivity index (χ2n) is 31.4. The van der Waals surface area contributed by atoms with Crippen LogP contribution < -0.4 is 0 Å². The van der Waals surface area contributed by atoms with Crippen molar-refractivity contribution in [3.63, 3.8) is 0 Å². The number of carbonyl (C=O) groups excluding carboxylic acids is 4. The maximum Gasteiger partial charge on any atom is 0.472 e. The lowest BCUT2D eigenvalue weighted by atomic mass is 10.0. The van der Waals surface area contributed by atoms with Gasteiger partial charge < -0.3 is 33.8 Å². The first-order chi connectivity index (χ1) is 51.0. The summed E-state index contributed by atoms with van der Waals surface area (Å²) < 4.78 is 68.8. The Morgan fingerprint density at radius 3 is 0.648 bits per heavy atom. The number of carbonyl (C=O) groups is 4. The van der Waals surface area contributed by atoms with E-state index in [1.54, 1.807) is 0 Å². The van der Waals surface area contributed by atoms with Crippen molar-refractivity contribution in [1.82, 2.24) is 0 Å². The number of aliphatic hydroxyl groups excluding tert-OH is 1. The van der Waals surface area contributed by atoms with Gasteiger partial charge >= 0.3 is 39.5 Å². The molecular weight excluding hydrogens is 1370 g/mol. The number of ether oxygens (including phenoxy) is 4. The number of phosphoric acid groups is 2. The first-order valence-electron chi connectivity index (χ1n) is 44.6. The third kappa shape index (κ3) is 79.9. The summed E-state index contributed by atoms with van der Waals surface area (Å²) in [5, 5.41) is 10.7. The molecule has 105 heavy (non-hydrogen) atoms. The van der Waals surface area contributed by atoms with E-state index in [0.717, 1.165) is 96.3 Å². The van der Waals surface area contributed by atoms with Gasteiger partial charge in [-0.1, -0.05) is 413 Å². The molecule has 0 aromatic rings. The highest BCUT2D eigenvalue weighted by molar-refractivity contribution is 7.47. The van der Waals surface area contributed by atoms with Crippen LogP contribution in [-0.2, 0) is 65.4 Å². The molecule has 17 nitrogen and oxygen atoms in total. The smallest absolute Gasteiger partial charge is 0.462 e. The molecule has 0 amide bonds. The van der Waals surface area contributed by atoms with Gasteiger partial charge in [0.1, 0.15) is 19.3 Å². The average molecular weight is 1540 g/mol. The molecule has 624 valence electrons. The van der Waals surface area contributed by atoms with Crippen LogP contribution in [0.1, 0.15) is 465 Å². The largest absolute Gasteiger partial charge is 0.472 e. The van der Waals surface area contributed by atoms with Crippen LogP contribution in [0.25, 0.3) is 0 Å². The molecular formula is C86H168O17P2. The van der Waals surface area contributed by atoms with E-state index in [2.05, 4.69) is 34.6 Å². The van der Waals surface area contributed by atoms with Gasteiger partial charge in [-0.15, -0.1) is 0 Å². The fourth-order valence-corrected chi connectivity index (χ4v) is 15.1. The van der Waals surface area contributed by atoms with Crippen LogP contribution >= 0.6 is 15.6 Å². The predicted molar refractivity (Wildman–Crippen MR) is 432 cm³/mol. The van der Waals surface area contributed by atoms with Crippen molar-refractivity contribution in [2.24, 2.45) is 5.92 Å². The van der Waals surface area contributed by atoms with Crippen molar-refractivity contribution >= 4 is 39.5 Å². The van der Waals surface area contributed by atoms with Gasteiger partial charge in [0.2, 0.25) is 0 Å². The minimum atomic E-state index is -4.97. The van der Waals surface area contributed by atoms with Crippen molar-refractivity contribution in [1.29, 1.82) is 0 Å². The van der Waals surface area contributed by atoms with Crippen LogP contribution in [0.3, 0.4) is 0 Å². The number of hydrogen-bond donors (Lipinski definition) is 3. The first kappa shape index (κ1) is 103. The van der Waals surface area contributed by atoms with Crippen LogP contribution in [0.5, 0.6) is 0 Å². The normalized spacial score (nSPS) is 13.8. The quantitative estimate of drug-likeness (QED) is 0.0222. The summed E-state index contributed by atoms with van der Waals surface area (Å²) in [6.45, 7) is 7.30. The lowest BCUT2D eigenvalue weighted by Gasteiger charge is -2.21. The minimum absolute atomic E-state index is 0.107. The van der Waals surface area contributed by atoms with E-state index in [9.17, 15) is 43.2 Å². The van der Waals surface area contributed by atoms with Crippen LogP contribution in [0.2, 0.25) is 0 Å². The molecule has 0 saturated heterocycles. The Kier molecular flexibility index (Phi) is 77.3. The van der Waals surface area contributed by atoms with Crippen LogP contribution in [0.15, 0.2) is 0 Å². The molecule has 0 heterocycles. The molecule has 0 bridgehead atoms. The summed E-state index contributed by atoms with van der Waals surface area (Å²) in [7, 11) is -9.92. The number of hydrogen-bond acceptors (Lipinski definition) is 15. The molecule has 5 atom stereocenters. The van der Waals surface area contributed by atoms with Gasteiger partial charge in [-0.2, -0.15) is 0 Å². The fraction of sp³-hybridized carbons (Fsp3) is 0.953. The first-order valence-corrected chi connectivity index (χ1v) is 47.6. The monoisotopic (exact) mass is 1540 g/mol. The van der Waals surface area contributed by atoms with E-state index in [4.69, 9.17) is 37.0 Å². The average Bonchev–Trinajstić information content (AvgIpc) is 0.935. The second kappa shape index (κ2) is 78.7. The molecule has 2 unspecified atom stereocenters. The van der Waals surface area contributed by atoms with Gasteiger partial charge in [0.05, 0.1) is 26.4 Å². The molecule has 3 N–H and O–H groups in total. The van der Waals surface area contributed by atoms with E-state index < -0.39 is 97.5 Å². The molecule has 0 aliphatic heterocycles. The molecule has 19 heteroatoms. The maximum atomic E-state index is 13.1. The summed E-state index contributed by atoms with van der Waals surface area (Å²) in [6.07, 6.45) is 72.5. The Morgan fingerprint density at radius 2 is 0.438 bits per heavy atom. The van der Waals surface area contributed by atoms with Crippen molar-refractivity contribution in [3.05, 3.63) is 0 Å². The molecule has 0 aliphatic rings. The van der Waals surface area contributed by atoms with Crippen LogP contribution in [-0.4, -0.2) is 96.7 Å². The number of unbranched alkanes of at least 4 members (excludes halogenated alkanes) is 58. The van der Waals surface area contributed by atoms with Crippen molar-refractivity contribution in [2.75, 3.05) is 39.6 Å². The molecule has 0 aromatic carbocycles. The highest BCUT2D eigenvalue weighted by Gasteiger charge is 2.30. The summed E-state index contributed by atoms with van der Waals surface area (Å²) in [5.74, 6) is -1.40. The van der Waals surface area contributed by atoms with Gasteiger partial charge in [-0.3, -0.25) is 37.3 Å². The molecule has 0 fully saturated rings. The Bertz CT molecular complexity index is 2000. The minimum Gasteiger partial charge on any atom is -0.462 e. The Hall–Kier alpha value is -1.94. The van der Waals surface area contributed by atoms with Crippen molar-refractivity contribution < 1.29 is 80.2 Å². The summed E-state index contributed by atoms with van der Waals surface area (Å²) in [5.41, 5.74) is 0. The Labute approximate surface area is 645 Å². The Morgan fingerprint density at radius 1 is 0.257 bits per heavy atom. The van der Waals surface area contributed by atoms with E-state index in [1.807, 2.05) is 0 Å². The molecule has 0 aliphatic carbocycles. The lowest BCUT2D eigenvalue weighted by molar-refractivity contribution is -0.161. The van der Waals surface area contributed by atoms with Gasteiger partial charge in [-0.25, -0.2) is 9.13 Å². The summed E-state index contributed by atoms with van der Waals surface area (Å²) >= 11 is 0. The molecule has 0 spiro atoms. The third-order valence-corrected chi connectivity index (χ3v) is 22.2. The lowest BCUT2D eigenvalue weighted by Crippen LogP contribution is -2.30. The Balaban J connectivity index is 5.20. The van der Waals surface area contributed by atoms with Crippen molar-refractivity contribution in [2.45, 2.75) is 483 Å². The highest BCUT2D eigenvalue weighted by Crippen LogP contribution is 2.45. The fourth-order valence-electron chi connectivity index (χ4n) is 13.5. The third-order valence-electron chi connectivity index (χ3n) is 20.3. The number of esters is 4. The zero-order chi connectivity index (χ0) is 76.9. The zero-order valence-electron chi connectivity index (χ0n) is 68.9. The van der Waals surface area contributed by atoms with Crippen LogP contribution in [0, 0.1) is 5.92 Å². The van der Waals surface area contributed by atoms with E-state index in [-0.39, 0.29) is 25.7 Å². The van der Waals surface area contributed by atoms with E-state index in [0.29, 0.717) is 31.6 Å². The van der Waals surface area contributed by atoms with Crippen LogP contribution in [0.4, 0.5) is 0 Å². The maximum absolute atomic E-state index is 13.1. The van der Waals surface area contributed by atoms with Gasteiger partial charge in [0.25, 0.3) is 0 Å². The van der Waals surface area contributed by atoms with Gasteiger partial charge in [0, 0.05) is 25.7 Å². The predicted octanol–water partition coefficient (Wildman–Crippen LogP) is 26.4. The van der Waals surface area contributed by atoms with Gasteiger partial charge in [-0.05, 0) is 31.6 Å². The number of rotatable bonds is 86. The number of phosphoric ester groups is 2. The standard InChI is InChI=1S/C86H168O17P2/c1-6-9-12-15-18-21-24-27-29-31-33-35-37-39-41-44-46-49-54-59-64-69-83(88)96-75-81(102-86(91)72-67-62-56-51-48-45-42-40-38-36-34-32-30-28-25-22-19-16-13-10-7-2)77-100-104(92,93)98-73-80(87)74-99-105(94,95)101-78-82(76-97-84(89)70-65-60-57-52-53-58-63-68-79(4)5)103-85(90)71-66-61-55-50-47-43-26-23-20-17-14-11-8-3/h79-82,87H,6-78H2,1-5H3,(H,92,93)(H,94,95)/t80-,81-,82-/m1/s1. The second-order valence-corrected chi connectivity index (χ2v) is 34.3. The molecule has 0 rings (SSSR count). The molecule has 0 aromatic heterocycles. The summed E-state index contributed by atoms with van der Waals surface area (Å²) in [4.78, 5) is 73.2. The topological polar surface area (TPSA) is 237 Å². The van der Waals surface area contributed by atoms with Crippen molar-refractivity contribution in [3.8, 4) is 0 Å². The van der Waals surface area contributed by atoms with E-state index in [1.165, 1.54) is 283 Å². The zero-order valence-corrected chi connectivity index (χ0v) is 70.7. The highest BCUT2D eigenvalue weighted by atomic mass is 31.2. The van der Waals surface area contributed by atoms with Gasteiger partial charge in [0.15, 0.2) is 12.2 Å².